The van der Waals surface area contributed by atoms with Gasteiger partial charge in [-0.2, -0.15) is 0 Å². The Hall–Kier alpha value is -1.75. The lowest BCUT2D eigenvalue weighted by Gasteiger charge is -2.36. The number of hydrogen-bond acceptors (Lipinski definition) is 3. The fourth-order valence-electron chi connectivity index (χ4n) is 2.28. The number of urea groups is 1. The minimum Gasteiger partial charge on any atom is -0.497 e. The molecule has 3 N–H and O–H groups in total. The van der Waals surface area contributed by atoms with Crippen LogP contribution in [0, 0.1) is 0 Å². The molecule has 1 aromatic carbocycles. The Kier molecular flexibility index (Phi) is 4.04. The molecule has 0 spiro atoms. The normalized spacial score (nSPS) is 19.6. The fraction of sp³-hybridized carbons (Fsp3) is 0.462. The minimum atomic E-state index is -0.0347. The molecule has 5 heteroatoms. The number of carbonyl (C=O) groups excluding carboxylic acids is 1. The van der Waals surface area contributed by atoms with Crippen molar-refractivity contribution in [1.29, 1.82) is 0 Å². The Morgan fingerprint density at radius 3 is 2.78 bits per heavy atom. The standard InChI is InChI=1S/C13H19N3O2/c1-18-11-4-2-10(3-5-11)12-6-8-15-13(17)16(12)9-7-14/h2-5,12H,6-9,14H2,1H3,(H,15,17). The van der Waals surface area contributed by atoms with Crippen LogP contribution in [0.5, 0.6) is 5.75 Å². The van der Waals surface area contributed by atoms with Gasteiger partial charge in [-0.05, 0) is 24.1 Å². The molecule has 0 saturated carbocycles. The number of ether oxygens (including phenoxy) is 1. The summed E-state index contributed by atoms with van der Waals surface area (Å²) in [6.45, 7) is 1.75. The number of nitrogens with one attached hydrogen (secondary N) is 1. The molecule has 5 nitrogen and oxygen atoms in total. The zero-order chi connectivity index (χ0) is 13.0. The van der Waals surface area contributed by atoms with E-state index in [2.05, 4.69) is 5.32 Å². The molecular formula is C13H19N3O2. The van der Waals surface area contributed by atoms with Gasteiger partial charge in [0.05, 0.1) is 13.2 Å². The van der Waals surface area contributed by atoms with E-state index in [1.165, 1.54) is 0 Å². The van der Waals surface area contributed by atoms with Crippen LogP contribution in [0.2, 0.25) is 0 Å². The van der Waals surface area contributed by atoms with Gasteiger partial charge in [-0.15, -0.1) is 0 Å². The first-order chi connectivity index (χ1) is 8.76. The molecule has 1 atom stereocenters. The quantitative estimate of drug-likeness (QED) is 0.840. The molecule has 1 aliphatic rings. The van der Waals surface area contributed by atoms with E-state index < -0.39 is 0 Å². The lowest BCUT2D eigenvalue weighted by Crippen LogP contribution is -2.49. The molecule has 1 heterocycles. The second kappa shape index (κ2) is 5.73. The minimum absolute atomic E-state index is 0.0347. The molecule has 0 radical (unpaired) electrons. The van der Waals surface area contributed by atoms with E-state index in [-0.39, 0.29) is 12.1 Å². The number of amides is 2. The second-order valence-corrected chi connectivity index (χ2v) is 4.29. The van der Waals surface area contributed by atoms with E-state index in [1.807, 2.05) is 24.3 Å². The van der Waals surface area contributed by atoms with E-state index in [4.69, 9.17) is 10.5 Å². The van der Waals surface area contributed by atoms with Crippen molar-refractivity contribution in [3.05, 3.63) is 29.8 Å². The van der Waals surface area contributed by atoms with Crippen LogP contribution < -0.4 is 15.8 Å². The van der Waals surface area contributed by atoms with Crippen LogP contribution >= 0.6 is 0 Å². The molecule has 18 heavy (non-hydrogen) atoms. The summed E-state index contributed by atoms with van der Waals surface area (Å²) in [6, 6.07) is 7.92. The van der Waals surface area contributed by atoms with Crippen molar-refractivity contribution in [2.75, 3.05) is 26.7 Å². The summed E-state index contributed by atoms with van der Waals surface area (Å²) in [7, 11) is 1.64. The van der Waals surface area contributed by atoms with Crippen molar-refractivity contribution in [3.63, 3.8) is 0 Å². The maximum atomic E-state index is 11.8. The summed E-state index contributed by atoms with van der Waals surface area (Å²) in [5, 5.41) is 2.85. The third kappa shape index (κ3) is 2.56. The number of nitrogens with zero attached hydrogens (tertiary/aromatic N) is 1. The first kappa shape index (κ1) is 12.7. The van der Waals surface area contributed by atoms with Crippen LogP contribution in [0.25, 0.3) is 0 Å². The Morgan fingerprint density at radius 1 is 1.44 bits per heavy atom. The summed E-state index contributed by atoms with van der Waals surface area (Å²) in [5.74, 6) is 0.824. The summed E-state index contributed by atoms with van der Waals surface area (Å²) < 4.78 is 5.14. The number of benzene rings is 1. The lowest BCUT2D eigenvalue weighted by atomic mass is 10.0. The highest BCUT2D eigenvalue weighted by molar-refractivity contribution is 5.75. The molecule has 1 fully saturated rings. The van der Waals surface area contributed by atoms with Crippen molar-refractivity contribution in [2.24, 2.45) is 5.73 Å². The van der Waals surface area contributed by atoms with Gasteiger partial charge >= 0.3 is 6.03 Å². The average molecular weight is 249 g/mol. The molecule has 1 aliphatic heterocycles. The van der Waals surface area contributed by atoms with Crippen LogP contribution in [0.1, 0.15) is 18.0 Å². The van der Waals surface area contributed by atoms with Gasteiger partial charge in [-0.3, -0.25) is 0 Å². The van der Waals surface area contributed by atoms with Crippen LogP contribution in [-0.4, -0.2) is 37.7 Å². The third-order valence-corrected chi connectivity index (χ3v) is 3.20. The average Bonchev–Trinajstić information content (AvgIpc) is 2.41. The summed E-state index contributed by atoms with van der Waals surface area (Å²) >= 11 is 0. The molecule has 1 saturated heterocycles. The topological polar surface area (TPSA) is 67.6 Å². The number of hydrogen-bond donors (Lipinski definition) is 2. The molecule has 1 aromatic rings. The molecular weight excluding hydrogens is 230 g/mol. The highest BCUT2D eigenvalue weighted by Crippen LogP contribution is 2.27. The molecule has 98 valence electrons. The van der Waals surface area contributed by atoms with Gasteiger partial charge in [0.25, 0.3) is 0 Å². The maximum absolute atomic E-state index is 11.8. The van der Waals surface area contributed by atoms with E-state index in [0.717, 1.165) is 17.7 Å². The highest BCUT2D eigenvalue weighted by Gasteiger charge is 2.28. The van der Waals surface area contributed by atoms with E-state index in [9.17, 15) is 4.79 Å². The largest absolute Gasteiger partial charge is 0.497 e. The van der Waals surface area contributed by atoms with E-state index in [0.29, 0.717) is 19.6 Å². The van der Waals surface area contributed by atoms with Crippen molar-refractivity contribution < 1.29 is 9.53 Å². The molecule has 2 rings (SSSR count). The predicted molar refractivity (Wildman–Crippen MR) is 69.5 cm³/mol. The Morgan fingerprint density at radius 2 is 2.17 bits per heavy atom. The van der Waals surface area contributed by atoms with Gasteiger partial charge in [0.15, 0.2) is 0 Å². The van der Waals surface area contributed by atoms with Gasteiger partial charge in [0.1, 0.15) is 5.75 Å². The van der Waals surface area contributed by atoms with Gasteiger partial charge in [0, 0.05) is 19.6 Å². The molecule has 0 aliphatic carbocycles. The monoisotopic (exact) mass is 249 g/mol. The van der Waals surface area contributed by atoms with Gasteiger partial charge in [0.2, 0.25) is 0 Å². The van der Waals surface area contributed by atoms with Crippen molar-refractivity contribution in [1.82, 2.24) is 10.2 Å². The van der Waals surface area contributed by atoms with E-state index in [1.54, 1.807) is 12.0 Å². The summed E-state index contributed by atoms with van der Waals surface area (Å²) in [6.07, 6.45) is 0.901. The fourth-order valence-corrected chi connectivity index (χ4v) is 2.28. The number of methoxy groups -OCH3 is 1. The molecule has 2 amide bonds. The summed E-state index contributed by atoms with van der Waals surface area (Å²) in [5.41, 5.74) is 6.69. The van der Waals surface area contributed by atoms with E-state index >= 15 is 0 Å². The van der Waals surface area contributed by atoms with Crippen molar-refractivity contribution in [2.45, 2.75) is 12.5 Å². The Bertz CT molecular complexity index is 405. The van der Waals surface area contributed by atoms with Gasteiger partial charge in [-0.1, -0.05) is 12.1 Å². The zero-order valence-electron chi connectivity index (χ0n) is 10.6. The predicted octanol–water partition coefficient (Wildman–Crippen LogP) is 1.11. The first-order valence-corrected chi connectivity index (χ1v) is 6.14. The van der Waals surface area contributed by atoms with Crippen LogP contribution in [0.15, 0.2) is 24.3 Å². The SMILES string of the molecule is COc1ccc(C2CCNC(=O)N2CCN)cc1. The van der Waals surface area contributed by atoms with Gasteiger partial charge in [-0.25, -0.2) is 4.79 Å². The first-order valence-electron chi connectivity index (χ1n) is 6.14. The zero-order valence-corrected chi connectivity index (χ0v) is 10.6. The van der Waals surface area contributed by atoms with Crippen LogP contribution in [-0.2, 0) is 0 Å². The lowest BCUT2D eigenvalue weighted by molar-refractivity contribution is 0.156. The van der Waals surface area contributed by atoms with Gasteiger partial charge < -0.3 is 20.7 Å². The highest BCUT2D eigenvalue weighted by atomic mass is 16.5. The molecule has 0 bridgehead atoms. The Balaban J connectivity index is 2.19. The second-order valence-electron chi connectivity index (χ2n) is 4.29. The number of rotatable bonds is 4. The van der Waals surface area contributed by atoms with Crippen molar-refractivity contribution in [3.8, 4) is 5.75 Å². The van der Waals surface area contributed by atoms with Crippen LogP contribution in [0.3, 0.4) is 0 Å². The number of nitrogens with two attached hydrogens (primary N) is 1. The van der Waals surface area contributed by atoms with Crippen LogP contribution in [0.4, 0.5) is 4.79 Å². The number of carbonyl (C=O) groups is 1. The maximum Gasteiger partial charge on any atom is 0.317 e. The summed E-state index contributed by atoms with van der Waals surface area (Å²) in [4.78, 5) is 13.6. The molecule has 1 unspecified atom stereocenters. The third-order valence-electron chi connectivity index (χ3n) is 3.20. The molecule has 0 aromatic heterocycles. The van der Waals surface area contributed by atoms with Crippen molar-refractivity contribution >= 4 is 6.03 Å². The smallest absolute Gasteiger partial charge is 0.317 e. The Labute approximate surface area is 107 Å².